The van der Waals surface area contributed by atoms with Gasteiger partial charge in [-0.1, -0.05) is 81.5 Å². The summed E-state index contributed by atoms with van der Waals surface area (Å²) in [5, 5.41) is 4.25. The van der Waals surface area contributed by atoms with Gasteiger partial charge in [0, 0.05) is 34.7 Å². The first-order chi connectivity index (χ1) is 19.9. The van der Waals surface area contributed by atoms with Gasteiger partial charge in [-0.05, 0) is 79.1 Å². The van der Waals surface area contributed by atoms with Gasteiger partial charge in [0.1, 0.15) is 0 Å². The molecule has 0 spiro atoms. The second kappa shape index (κ2) is 13.5. The molecule has 0 aliphatic heterocycles. The van der Waals surface area contributed by atoms with Gasteiger partial charge in [-0.3, -0.25) is 4.79 Å². The van der Waals surface area contributed by atoms with Gasteiger partial charge >= 0.3 is 0 Å². The second-order valence-electron chi connectivity index (χ2n) is 11.2. The molecule has 1 fully saturated rings. The number of carbonyl (C=O) groups excluding carboxylic acids is 1. The molecule has 1 heterocycles. The van der Waals surface area contributed by atoms with E-state index in [4.69, 9.17) is 0 Å². The number of rotatable bonds is 12. The molecule has 1 aliphatic rings. The fraction of sp³-hybridized carbons (Fsp3) is 0.382. The molecule has 0 unspecified atom stereocenters. The van der Waals surface area contributed by atoms with Gasteiger partial charge in [-0.25, -0.2) is 13.1 Å². The number of para-hydroxylation sites is 1. The van der Waals surface area contributed by atoms with Crippen LogP contribution in [0.3, 0.4) is 0 Å². The number of sulfonamides is 1. The molecule has 3 N–H and O–H groups in total. The van der Waals surface area contributed by atoms with Crippen LogP contribution < -0.4 is 10.0 Å². The van der Waals surface area contributed by atoms with Crippen molar-refractivity contribution in [3.8, 4) is 11.3 Å². The van der Waals surface area contributed by atoms with Gasteiger partial charge in [-0.15, -0.1) is 0 Å². The lowest BCUT2D eigenvalue weighted by Crippen LogP contribution is -2.36. The molecule has 1 amide bonds. The van der Waals surface area contributed by atoms with Crippen LogP contribution >= 0.6 is 0 Å². The van der Waals surface area contributed by atoms with E-state index in [1.807, 2.05) is 54.6 Å². The van der Waals surface area contributed by atoms with E-state index in [-0.39, 0.29) is 23.4 Å². The molecule has 5 rings (SSSR count). The van der Waals surface area contributed by atoms with E-state index in [1.165, 1.54) is 31.2 Å². The van der Waals surface area contributed by atoms with Gasteiger partial charge in [0.25, 0.3) is 5.91 Å². The molecule has 41 heavy (non-hydrogen) atoms. The Kier molecular flexibility index (Phi) is 9.57. The fourth-order valence-electron chi connectivity index (χ4n) is 5.82. The first-order valence-electron chi connectivity index (χ1n) is 15.0. The zero-order valence-corrected chi connectivity index (χ0v) is 24.7. The molecule has 1 aliphatic carbocycles. The summed E-state index contributed by atoms with van der Waals surface area (Å²) in [6.45, 7) is 2.45. The fourth-order valence-corrected chi connectivity index (χ4v) is 6.85. The Bertz CT molecular complexity index is 1550. The third-order valence-electron chi connectivity index (χ3n) is 8.16. The van der Waals surface area contributed by atoms with Crippen molar-refractivity contribution in [2.75, 3.05) is 6.54 Å². The molecule has 0 saturated heterocycles. The Morgan fingerprint density at radius 1 is 0.878 bits per heavy atom. The maximum Gasteiger partial charge on any atom is 0.251 e. The molecule has 1 aromatic heterocycles. The number of aromatic nitrogens is 1. The van der Waals surface area contributed by atoms with E-state index >= 15 is 0 Å². The highest BCUT2D eigenvalue weighted by Crippen LogP contribution is 2.31. The summed E-state index contributed by atoms with van der Waals surface area (Å²) in [7, 11) is -3.62. The van der Waals surface area contributed by atoms with E-state index in [1.54, 1.807) is 12.1 Å². The number of hydrogen-bond acceptors (Lipinski definition) is 3. The molecule has 1 saturated carbocycles. The number of hydrogen-bond donors (Lipinski definition) is 3. The monoisotopic (exact) mass is 571 g/mol. The first kappa shape index (κ1) is 29.1. The molecule has 3 aromatic carbocycles. The number of amides is 1. The van der Waals surface area contributed by atoms with Gasteiger partial charge in [0.2, 0.25) is 10.0 Å². The van der Waals surface area contributed by atoms with Crippen LogP contribution in [0.4, 0.5) is 0 Å². The van der Waals surface area contributed by atoms with E-state index in [2.05, 4.69) is 28.0 Å². The highest BCUT2D eigenvalue weighted by molar-refractivity contribution is 7.89. The van der Waals surface area contributed by atoms with Gasteiger partial charge in [0.05, 0.1) is 4.90 Å². The third-order valence-corrected chi connectivity index (χ3v) is 9.64. The lowest BCUT2D eigenvalue weighted by Gasteiger charge is -2.22. The van der Waals surface area contributed by atoms with E-state index < -0.39 is 10.0 Å². The van der Waals surface area contributed by atoms with Crippen LogP contribution in [0, 0.1) is 0 Å². The van der Waals surface area contributed by atoms with Crippen LogP contribution in [0.15, 0.2) is 77.7 Å². The molecular weight excluding hydrogens is 530 g/mol. The summed E-state index contributed by atoms with van der Waals surface area (Å²) in [6.07, 6.45) is 10.7. The van der Waals surface area contributed by atoms with Crippen LogP contribution in [-0.4, -0.2) is 31.9 Å². The number of fused-ring (bicyclic) bond motifs is 1. The molecule has 216 valence electrons. The summed E-state index contributed by atoms with van der Waals surface area (Å²) in [4.78, 5) is 16.6. The van der Waals surface area contributed by atoms with Crippen molar-refractivity contribution in [3.05, 3.63) is 89.5 Å². The Balaban J connectivity index is 1.28. The third kappa shape index (κ3) is 7.27. The van der Waals surface area contributed by atoms with Crippen LogP contribution in [0.1, 0.15) is 79.8 Å². The first-order valence-corrected chi connectivity index (χ1v) is 16.5. The lowest BCUT2D eigenvalue weighted by molar-refractivity contribution is 0.0927. The highest BCUT2D eigenvalue weighted by atomic mass is 32.2. The highest BCUT2D eigenvalue weighted by Gasteiger charge is 2.19. The van der Waals surface area contributed by atoms with Crippen molar-refractivity contribution < 1.29 is 13.2 Å². The molecule has 7 heteroatoms. The predicted octanol–water partition coefficient (Wildman–Crippen LogP) is 7.15. The van der Waals surface area contributed by atoms with Crippen LogP contribution in [0.25, 0.3) is 22.2 Å². The number of unbranched alkanes of at least 4 members (excludes halogenated alkanes) is 2. The Labute approximate surface area is 244 Å². The number of H-pyrrole nitrogens is 1. The zero-order chi connectivity index (χ0) is 28.7. The molecule has 6 nitrogen and oxygen atoms in total. The smallest absolute Gasteiger partial charge is 0.251 e. The lowest BCUT2D eigenvalue weighted by atomic mass is 9.95. The predicted molar refractivity (Wildman–Crippen MR) is 167 cm³/mol. The van der Waals surface area contributed by atoms with Crippen LogP contribution in [0.2, 0.25) is 0 Å². The summed E-state index contributed by atoms with van der Waals surface area (Å²) in [6, 6.07) is 23.3. The maximum atomic E-state index is 13.0. The van der Waals surface area contributed by atoms with Crippen molar-refractivity contribution in [3.63, 3.8) is 0 Å². The number of carbonyl (C=O) groups is 1. The van der Waals surface area contributed by atoms with Crippen molar-refractivity contribution in [2.24, 2.45) is 0 Å². The van der Waals surface area contributed by atoms with Crippen LogP contribution in [0.5, 0.6) is 0 Å². The molecule has 4 aromatic rings. The normalized spacial score (nSPS) is 14.4. The topological polar surface area (TPSA) is 91.1 Å². The van der Waals surface area contributed by atoms with E-state index in [0.29, 0.717) is 12.0 Å². The minimum atomic E-state index is -3.62. The molecular formula is C34H41N3O3S. The maximum absolute atomic E-state index is 13.0. The van der Waals surface area contributed by atoms with Crippen molar-refractivity contribution in [2.45, 2.75) is 82.1 Å². The summed E-state index contributed by atoms with van der Waals surface area (Å²) < 4.78 is 28.9. The van der Waals surface area contributed by atoms with E-state index in [9.17, 15) is 13.2 Å². The Morgan fingerprint density at radius 3 is 2.34 bits per heavy atom. The minimum absolute atomic E-state index is 0.0243. The van der Waals surface area contributed by atoms with Crippen molar-refractivity contribution in [1.29, 1.82) is 0 Å². The standard InChI is InChI=1S/C34H41N3O3S/c1-2-3-5-10-25-15-21-29(22-16-25)41(39,40)35-24-23-31-30-13-8-9-14-32(30)37-33(31)26-17-19-27(20-18-26)34(38)36-28-11-6-4-7-12-28/h8-9,13-22,28,35,37H,2-7,10-12,23-24H2,1H3,(H,36,38). The second-order valence-corrected chi connectivity index (χ2v) is 12.9. The number of aryl methyl sites for hydroxylation is 1. The summed E-state index contributed by atoms with van der Waals surface area (Å²) in [5.41, 5.74) is 5.78. The number of nitrogens with one attached hydrogen (secondary N) is 3. The van der Waals surface area contributed by atoms with Gasteiger partial charge in [0.15, 0.2) is 0 Å². The van der Waals surface area contributed by atoms with Crippen molar-refractivity contribution >= 4 is 26.8 Å². The van der Waals surface area contributed by atoms with Gasteiger partial charge < -0.3 is 10.3 Å². The average molecular weight is 572 g/mol. The molecule has 0 radical (unpaired) electrons. The SMILES string of the molecule is CCCCCc1ccc(S(=O)(=O)NCCc2c(-c3ccc(C(=O)NC4CCCCC4)cc3)[nH]c3ccccc23)cc1. The largest absolute Gasteiger partial charge is 0.354 e. The Morgan fingerprint density at radius 2 is 1.61 bits per heavy atom. The van der Waals surface area contributed by atoms with E-state index in [0.717, 1.165) is 59.8 Å². The molecule has 0 bridgehead atoms. The number of aromatic amines is 1. The van der Waals surface area contributed by atoms with Crippen molar-refractivity contribution in [1.82, 2.24) is 15.0 Å². The average Bonchev–Trinajstić information content (AvgIpc) is 3.36. The Hall–Kier alpha value is -3.42. The van der Waals surface area contributed by atoms with Crippen LogP contribution in [-0.2, 0) is 22.9 Å². The minimum Gasteiger partial charge on any atom is -0.354 e. The molecule has 0 atom stereocenters. The quantitative estimate of drug-likeness (QED) is 0.158. The summed E-state index contributed by atoms with van der Waals surface area (Å²) >= 11 is 0. The van der Waals surface area contributed by atoms with Gasteiger partial charge in [-0.2, -0.15) is 0 Å². The number of benzene rings is 3. The zero-order valence-electron chi connectivity index (χ0n) is 23.9. The summed E-state index contributed by atoms with van der Waals surface area (Å²) in [5.74, 6) is -0.0243.